The lowest BCUT2D eigenvalue weighted by molar-refractivity contribution is -0.137. The van der Waals surface area contributed by atoms with Crippen LogP contribution in [0.25, 0.3) is 0 Å². The highest BCUT2D eigenvalue weighted by atomic mass is 16.5. The third kappa shape index (κ3) is 2.83. The highest BCUT2D eigenvalue weighted by Crippen LogP contribution is 2.68. The Kier molecular flexibility index (Phi) is 5.13. The van der Waals surface area contributed by atoms with Gasteiger partial charge in [-0.05, 0) is 55.6 Å². The van der Waals surface area contributed by atoms with Gasteiger partial charge in [0.05, 0.1) is 5.92 Å². The summed E-state index contributed by atoms with van der Waals surface area (Å²) >= 11 is 0. The lowest BCUT2D eigenvalue weighted by Gasteiger charge is -2.43. The van der Waals surface area contributed by atoms with E-state index in [9.17, 15) is 14.4 Å². The number of hydrogen-bond acceptors (Lipinski definition) is 5. The zero-order chi connectivity index (χ0) is 26.9. The second-order valence-corrected chi connectivity index (χ2v) is 10.8. The van der Waals surface area contributed by atoms with Gasteiger partial charge in [0.2, 0.25) is 5.91 Å². The molecule has 196 valence electrons. The molecule has 3 aromatic carbocycles. The molecule has 0 aliphatic carbocycles. The number of rotatable bonds is 5. The summed E-state index contributed by atoms with van der Waals surface area (Å²) in [6, 6.07) is 20.2. The first kappa shape index (κ1) is 23.9. The molecule has 39 heavy (non-hydrogen) atoms. The summed E-state index contributed by atoms with van der Waals surface area (Å²) in [4.78, 5) is 45.9. The van der Waals surface area contributed by atoms with Crippen LogP contribution in [-0.4, -0.2) is 41.7 Å². The van der Waals surface area contributed by atoms with Gasteiger partial charge in [-0.1, -0.05) is 61.2 Å². The number of ether oxygens (including phenoxy) is 1. The molecule has 2 N–H and O–H groups in total. The van der Waals surface area contributed by atoms with Gasteiger partial charge in [-0.15, -0.1) is 0 Å². The van der Waals surface area contributed by atoms with E-state index in [-0.39, 0.29) is 23.6 Å². The van der Waals surface area contributed by atoms with Crippen LogP contribution in [-0.2, 0) is 20.5 Å². The standard InChI is InChI=1S/C32H29N3O4/c1-3-17-39-21-11-7-10-20(18-21)28(36)26-25-15-8-16-35(25)32(23-13-6-9-19(2)27(23)34-30(32)38)31(26)22-12-4-5-14-24(22)33-29(31)37/h3-7,9-14,18,25-26H,1,8,15-17H2,2H3,(H,33,37)(H,34,38). The monoisotopic (exact) mass is 519 g/mol. The lowest BCUT2D eigenvalue weighted by atomic mass is 9.57. The summed E-state index contributed by atoms with van der Waals surface area (Å²) < 4.78 is 5.74. The van der Waals surface area contributed by atoms with E-state index in [0.29, 0.717) is 35.7 Å². The molecule has 2 saturated heterocycles. The van der Waals surface area contributed by atoms with Gasteiger partial charge in [-0.2, -0.15) is 0 Å². The summed E-state index contributed by atoms with van der Waals surface area (Å²) in [5, 5.41) is 6.22. The van der Waals surface area contributed by atoms with Crippen molar-refractivity contribution in [2.45, 2.75) is 36.8 Å². The average molecular weight is 520 g/mol. The van der Waals surface area contributed by atoms with Crippen LogP contribution in [0.2, 0.25) is 0 Å². The fourth-order valence-corrected chi connectivity index (χ4v) is 7.83. The fraction of sp³-hybridized carbons (Fsp3) is 0.281. The third-order valence-corrected chi connectivity index (χ3v) is 9.11. The average Bonchev–Trinajstić information content (AvgIpc) is 3.67. The normalized spacial score (nSPS) is 28.2. The number of carbonyl (C=O) groups excluding carboxylic acids is 3. The predicted molar refractivity (Wildman–Crippen MR) is 148 cm³/mol. The number of nitrogens with one attached hydrogen (secondary N) is 2. The Balaban J connectivity index is 1.52. The van der Waals surface area contributed by atoms with E-state index in [0.717, 1.165) is 29.7 Å². The molecule has 4 aliphatic rings. The summed E-state index contributed by atoms with van der Waals surface area (Å²) in [5.74, 6) is -0.935. The van der Waals surface area contributed by atoms with Gasteiger partial charge >= 0.3 is 0 Å². The summed E-state index contributed by atoms with van der Waals surface area (Å²) in [6.07, 6.45) is 3.21. The first-order valence-corrected chi connectivity index (χ1v) is 13.4. The first-order valence-electron chi connectivity index (χ1n) is 13.4. The Morgan fingerprint density at radius 2 is 1.85 bits per heavy atom. The van der Waals surface area contributed by atoms with E-state index in [1.54, 1.807) is 30.3 Å². The molecule has 2 amide bonds. The van der Waals surface area contributed by atoms with Crippen molar-refractivity contribution in [3.05, 3.63) is 102 Å². The molecule has 4 unspecified atom stereocenters. The number of fused-ring (bicyclic) bond motifs is 7. The van der Waals surface area contributed by atoms with E-state index < -0.39 is 16.9 Å². The minimum absolute atomic E-state index is 0.159. The van der Waals surface area contributed by atoms with Crippen LogP contribution in [0, 0.1) is 12.8 Å². The van der Waals surface area contributed by atoms with Crippen molar-refractivity contribution < 1.29 is 19.1 Å². The number of benzene rings is 3. The maximum Gasteiger partial charge on any atom is 0.251 e. The van der Waals surface area contributed by atoms with E-state index >= 15 is 0 Å². The number of aryl methyl sites for hydroxylation is 1. The SMILES string of the molecule is C=CCOc1cccc(C(=O)C2C3CCCN3C3(C(=O)Nc4c(C)cccc43)C23C(=O)Nc2ccccc23)c1. The Hall–Kier alpha value is -4.23. The largest absolute Gasteiger partial charge is 0.490 e. The van der Waals surface area contributed by atoms with Crippen molar-refractivity contribution in [1.82, 2.24) is 4.90 Å². The second-order valence-electron chi connectivity index (χ2n) is 10.8. The number of amides is 2. The molecule has 2 fully saturated rings. The Bertz CT molecular complexity index is 1580. The van der Waals surface area contributed by atoms with Crippen LogP contribution < -0.4 is 15.4 Å². The fourth-order valence-electron chi connectivity index (χ4n) is 7.83. The van der Waals surface area contributed by atoms with Crippen molar-refractivity contribution in [2.24, 2.45) is 5.92 Å². The van der Waals surface area contributed by atoms with E-state index in [1.165, 1.54) is 0 Å². The molecule has 7 rings (SSSR count). The number of nitrogens with zero attached hydrogens (tertiary/aromatic N) is 1. The Labute approximate surface area is 226 Å². The molecule has 4 atom stereocenters. The highest BCUT2D eigenvalue weighted by molar-refractivity contribution is 6.21. The minimum atomic E-state index is -1.45. The molecule has 4 heterocycles. The zero-order valence-electron chi connectivity index (χ0n) is 21.7. The van der Waals surface area contributed by atoms with E-state index in [1.807, 2.05) is 49.4 Å². The van der Waals surface area contributed by atoms with E-state index in [2.05, 4.69) is 22.1 Å². The van der Waals surface area contributed by atoms with Crippen LogP contribution >= 0.6 is 0 Å². The maximum atomic E-state index is 14.7. The summed E-state index contributed by atoms with van der Waals surface area (Å²) in [6.45, 7) is 6.60. The summed E-state index contributed by atoms with van der Waals surface area (Å²) in [7, 11) is 0. The lowest BCUT2D eigenvalue weighted by Crippen LogP contribution is -2.62. The molecular formula is C32H29N3O4. The molecule has 2 spiro atoms. The number of para-hydroxylation sites is 2. The van der Waals surface area contributed by atoms with Gasteiger partial charge in [0.25, 0.3) is 5.91 Å². The predicted octanol–water partition coefficient (Wildman–Crippen LogP) is 4.57. The zero-order valence-corrected chi connectivity index (χ0v) is 21.7. The number of Topliss-reactive ketones (excluding diaryl/α,β-unsaturated/α-hetero) is 1. The number of hydrogen-bond donors (Lipinski definition) is 2. The van der Waals surface area contributed by atoms with E-state index in [4.69, 9.17) is 4.74 Å². The first-order chi connectivity index (χ1) is 19.0. The quantitative estimate of drug-likeness (QED) is 0.381. The van der Waals surface area contributed by atoms with Crippen LogP contribution in [0.5, 0.6) is 5.75 Å². The van der Waals surface area contributed by atoms with Crippen LogP contribution in [0.15, 0.2) is 79.4 Å². The molecule has 0 saturated carbocycles. The second kappa shape index (κ2) is 8.38. The number of anilines is 2. The van der Waals surface area contributed by atoms with Gasteiger partial charge in [0.15, 0.2) is 5.78 Å². The molecule has 0 bridgehead atoms. The molecule has 0 radical (unpaired) electrons. The van der Waals surface area contributed by atoms with Crippen molar-refractivity contribution >= 4 is 29.0 Å². The number of carbonyl (C=O) groups is 3. The molecule has 0 aromatic heterocycles. The topological polar surface area (TPSA) is 87.7 Å². The molecule has 4 aliphatic heterocycles. The number of ketones is 1. The summed E-state index contributed by atoms with van der Waals surface area (Å²) in [5.41, 5.74) is 1.43. The third-order valence-electron chi connectivity index (χ3n) is 9.11. The minimum Gasteiger partial charge on any atom is -0.490 e. The van der Waals surface area contributed by atoms with Crippen molar-refractivity contribution in [3.8, 4) is 5.75 Å². The van der Waals surface area contributed by atoms with Crippen molar-refractivity contribution in [1.29, 1.82) is 0 Å². The van der Waals surface area contributed by atoms with Gasteiger partial charge in [-0.3, -0.25) is 19.3 Å². The van der Waals surface area contributed by atoms with Crippen LogP contribution in [0.3, 0.4) is 0 Å². The van der Waals surface area contributed by atoms with Gasteiger partial charge < -0.3 is 15.4 Å². The van der Waals surface area contributed by atoms with Gasteiger partial charge in [-0.25, -0.2) is 0 Å². The molecule has 7 heteroatoms. The maximum absolute atomic E-state index is 14.7. The Morgan fingerprint density at radius 3 is 2.69 bits per heavy atom. The van der Waals surface area contributed by atoms with Gasteiger partial charge in [0.1, 0.15) is 23.3 Å². The highest BCUT2D eigenvalue weighted by Gasteiger charge is 2.81. The molecule has 7 nitrogen and oxygen atoms in total. The smallest absolute Gasteiger partial charge is 0.251 e. The van der Waals surface area contributed by atoms with Crippen molar-refractivity contribution in [2.75, 3.05) is 23.8 Å². The van der Waals surface area contributed by atoms with Crippen LogP contribution in [0.4, 0.5) is 11.4 Å². The molecule has 3 aromatic rings. The molecular weight excluding hydrogens is 490 g/mol. The van der Waals surface area contributed by atoms with Crippen LogP contribution in [0.1, 0.15) is 39.9 Å². The Morgan fingerprint density at radius 1 is 1.05 bits per heavy atom. The van der Waals surface area contributed by atoms with Gasteiger partial charge in [0, 0.05) is 28.5 Å². The van der Waals surface area contributed by atoms with Crippen molar-refractivity contribution in [3.63, 3.8) is 0 Å².